The number of amides is 1. The normalized spacial score (nSPS) is 20.7. The van der Waals surface area contributed by atoms with E-state index in [1.807, 2.05) is 0 Å². The first-order chi connectivity index (χ1) is 8.68. The van der Waals surface area contributed by atoms with E-state index in [1.54, 1.807) is 0 Å². The summed E-state index contributed by atoms with van der Waals surface area (Å²) in [4.78, 5) is 22.5. The maximum Gasteiger partial charge on any atom is 0.328 e. The number of hydrogen-bond acceptors (Lipinski definition) is 2. The largest absolute Gasteiger partial charge is 0.478 e. The molecule has 0 aromatic carbocycles. The topological polar surface area (TPSA) is 66.4 Å². The number of carbonyl (C=O) groups is 2. The first-order valence-corrected chi connectivity index (χ1v) is 6.85. The first kappa shape index (κ1) is 13.1. The lowest BCUT2D eigenvalue weighted by molar-refractivity contribution is -0.132. The van der Waals surface area contributed by atoms with Crippen molar-refractivity contribution >= 4 is 11.9 Å². The molecule has 0 spiro atoms. The van der Waals surface area contributed by atoms with Crippen molar-refractivity contribution in [1.82, 2.24) is 5.32 Å². The minimum Gasteiger partial charge on any atom is -0.478 e. The fraction of sp³-hybridized carbons (Fsp3) is 0.714. The van der Waals surface area contributed by atoms with Crippen LogP contribution in [0.1, 0.15) is 38.5 Å². The number of aliphatic carboxylic acids is 1. The third kappa shape index (κ3) is 3.12. The second-order valence-electron chi connectivity index (χ2n) is 5.39. The minimum atomic E-state index is -0.973. The molecule has 2 rings (SSSR count). The fourth-order valence-corrected chi connectivity index (χ4v) is 2.85. The molecular formula is C14H21NO3. The molecule has 0 heterocycles. The molecule has 0 unspecified atom stereocenters. The van der Waals surface area contributed by atoms with Crippen LogP contribution in [0.25, 0.3) is 0 Å². The highest BCUT2D eigenvalue weighted by molar-refractivity contribution is 5.81. The number of nitrogens with one attached hydrogen (secondary N) is 1. The van der Waals surface area contributed by atoms with E-state index >= 15 is 0 Å². The summed E-state index contributed by atoms with van der Waals surface area (Å²) in [6.45, 7) is 0.321. The maximum absolute atomic E-state index is 12.2. The molecule has 1 amide bonds. The van der Waals surface area contributed by atoms with Gasteiger partial charge in [0.15, 0.2) is 0 Å². The molecule has 0 radical (unpaired) electrons. The Balaban J connectivity index is 1.81. The molecule has 0 bridgehead atoms. The molecule has 0 aliphatic heterocycles. The quantitative estimate of drug-likeness (QED) is 0.709. The molecular weight excluding hydrogens is 230 g/mol. The summed E-state index contributed by atoms with van der Waals surface area (Å²) in [5, 5.41) is 11.3. The number of carbonyl (C=O) groups excluding carboxylic acids is 1. The molecule has 4 heteroatoms. The van der Waals surface area contributed by atoms with Crippen LogP contribution in [0.5, 0.6) is 0 Å². The predicted molar refractivity (Wildman–Crippen MR) is 68.0 cm³/mol. The summed E-state index contributed by atoms with van der Waals surface area (Å²) < 4.78 is 0. The molecule has 2 saturated carbocycles. The zero-order chi connectivity index (χ0) is 13.0. The predicted octanol–water partition coefficient (Wildman–Crippen LogP) is 1.96. The van der Waals surface area contributed by atoms with E-state index in [4.69, 9.17) is 5.11 Å². The average molecular weight is 251 g/mol. The van der Waals surface area contributed by atoms with Gasteiger partial charge < -0.3 is 10.4 Å². The number of carboxylic acids is 1. The monoisotopic (exact) mass is 251 g/mol. The van der Waals surface area contributed by atoms with Gasteiger partial charge in [0, 0.05) is 18.5 Å². The molecule has 18 heavy (non-hydrogen) atoms. The summed E-state index contributed by atoms with van der Waals surface area (Å²) >= 11 is 0. The Morgan fingerprint density at radius 2 is 1.72 bits per heavy atom. The molecule has 4 nitrogen and oxygen atoms in total. The molecule has 0 aromatic rings. The maximum atomic E-state index is 12.2. The summed E-state index contributed by atoms with van der Waals surface area (Å²) in [5.74, 6) is 0.460. The minimum absolute atomic E-state index is 0.124. The van der Waals surface area contributed by atoms with Crippen LogP contribution >= 0.6 is 0 Å². The second-order valence-corrected chi connectivity index (χ2v) is 5.39. The van der Waals surface area contributed by atoms with Crippen molar-refractivity contribution in [3.8, 4) is 0 Å². The van der Waals surface area contributed by atoms with Crippen molar-refractivity contribution in [3.63, 3.8) is 0 Å². The second kappa shape index (κ2) is 6.03. The van der Waals surface area contributed by atoms with E-state index in [-0.39, 0.29) is 11.8 Å². The number of rotatable bonds is 6. The Hall–Kier alpha value is -1.32. The van der Waals surface area contributed by atoms with Crippen LogP contribution in [-0.4, -0.2) is 23.5 Å². The van der Waals surface area contributed by atoms with Gasteiger partial charge in [-0.3, -0.25) is 4.79 Å². The van der Waals surface area contributed by atoms with Crippen LogP contribution in [0.15, 0.2) is 12.2 Å². The van der Waals surface area contributed by atoms with Gasteiger partial charge in [-0.25, -0.2) is 4.79 Å². The van der Waals surface area contributed by atoms with Crippen molar-refractivity contribution in [3.05, 3.63) is 12.2 Å². The Bertz CT molecular complexity index is 329. The Morgan fingerprint density at radius 3 is 2.11 bits per heavy atom. The van der Waals surface area contributed by atoms with Crippen LogP contribution in [0, 0.1) is 17.8 Å². The molecule has 0 aromatic heterocycles. The fourth-order valence-electron chi connectivity index (χ4n) is 2.85. The molecule has 0 atom stereocenters. The lowest BCUT2D eigenvalue weighted by Gasteiger charge is -2.41. The van der Waals surface area contributed by atoms with Gasteiger partial charge in [-0.2, -0.15) is 0 Å². The summed E-state index contributed by atoms with van der Waals surface area (Å²) in [7, 11) is 0. The van der Waals surface area contributed by atoms with Crippen LogP contribution in [0.4, 0.5) is 0 Å². The molecule has 100 valence electrons. The summed E-state index contributed by atoms with van der Waals surface area (Å²) in [5.41, 5.74) is 0. The third-order valence-electron chi connectivity index (χ3n) is 4.27. The van der Waals surface area contributed by atoms with E-state index in [9.17, 15) is 9.59 Å². The Kier molecular flexibility index (Phi) is 4.39. The lowest BCUT2D eigenvalue weighted by Crippen LogP contribution is -2.43. The van der Waals surface area contributed by atoms with Gasteiger partial charge in [-0.1, -0.05) is 18.9 Å². The summed E-state index contributed by atoms with van der Waals surface area (Å²) in [6, 6.07) is 0. The van der Waals surface area contributed by atoms with Crippen LogP contribution in [-0.2, 0) is 9.59 Å². The van der Waals surface area contributed by atoms with Gasteiger partial charge in [0.1, 0.15) is 0 Å². The molecule has 2 fully saturated rings. The number of carboxylic acid groups (broad SMARTS) is 1. The van der Waals surface area contributed by atoms with E-state index in [0.29, 0.717) is 18.4 Å². The summed E-state index contributed by atoms with van der Waals surface area (Å²) in [6.07, 6.45) is 9.78. The van der Waals surface area contributed by atoms with Crippen LogP contribution in [0.2, 0.25) is 0 Å². The highest BCUT2D eigenvalue weighted by Crippen LogP contribution is 2.44. The first-order valence-electron chi connectivity index (χ1n) is 6.85. The number of hydrogen-bond donors (Lipinski definition) is 2. The Labute approximate surface area is 107 Å². The molecule has 2 aliphatic carbocycles. The van der Waals surface area contributed by atoms with Gasteiger partial charge in [-0.05, 0) is 37.5 Å². The molecule has 2 aliphatic rings. The Morgan fingerprint density at radius 1 is 1.17 bits per heavy atom. The zero-order valence-electron chi connectivity index (χ0n) is 10.6. The average Bonchev–Trinajstić information content (AvgIpc) is 2.17. The smallest absolute Gasteiger partial charge is 0.328 e. The van der Waals surface area contributed by atoms with E-state index in [1.165, 1.54) is 44.6 Å². The van der Waals surface area contributed by atoms with Crippen molar-refractivity contribution in [2.45, 2.75) is 38.5 Å². The van der Waals surface area contributed by atoms with Gasteiger partial charge in [0.25, 0.3) is 0 Å². The van der Waals surface area contributed by atoms with Crippen LogP contribution in [0.3, 0.4) is 0 Å². The van der Waals surface area contributed by atoms with Crippen molar-refractivity contribution < 1.29 is 14.7 Å². The SMILES string of the molecule is O=C(O)/C=C/CNC(=O)C(C1CCC1)C1CCC1. The van der Waals surface area contributed by atoms with E-state index in [2.05, 4.69) is 5.32 Å². The lowest BCUT2D eigenvalue weighted by atomic mass is 9.64. The van der Waals surface area contributed by atoms with Crippen molar-refractivity contribution in [1.29, 1.82) is 0 Å². The van der Waals surface area contributed by atoms with Gasteiger partial charge in [0.2, 0.25) is 5.91 Å². The van der Waals surface area contributed by atoms with Crippen molar-refractivity contribution in [2.24, 2.45) is 17.8 Å². The van der Waals surface area contributed by atoms with Crippen LogP contribution < -0.4 is 5.32 Å². The van der Waals surface area contributed by atoms with E-state index in [0.717, 1.165) is 6.08 Å². The third-order valence-corrected chi connectivity index (χ3v) is 4.27. The standard InChI is InChI=1S/C14H21NO3/c16-12(17)8-3-9-15-14(18)13(10-4-1-5-10)11-6-2-7-11/h3,8,10-11,13H,1-2,4-7,9H2,(H,15,18)(H,16,17)/b8-3+. The van der Waals surface area contributed by atoms with Gasteiger partial charge >= 0.3 is 5.97 Å². The molecule has 2 N–H and O–H groups in total. The van der Waals surface area contributed by atoms with Gasteiger partial charge in [0.05, 0.1) is 0 Å². The van der Waals surface area contributed by atoms with Crippen molar-refractivity contribution in [2.75, 3.05) is 6.54 Å². The highest BCUT2D eigenvalue weighted by Gasteiger charge is 2.40. The highest BCUT2D eigenvalue weighted by atomic mass is 16.4. The zero-order valence-corrected chi connectivity index (χ0v) is 10.6. The van der Waals surface area contributed by atoms with E-state index < -0.39 is 5.97 Å². The molecule has 0 saturated heterocycles. The van der Waals surface area contributed by atoms with Gasteiger partial charge in [-0.15, -0.1) is 0 Å².